The summed E-state index contributed by atoms with van der Waals surface area (Å²) in [5.74, 6) is 0.124. The monoisotopic (exact) mass is 268 g/mol. The molecular formula is C14H21ClN2O. The van der Waals surface area contributed by atoms with Crippen LogP contribution in [0.2, 0.25) is 5.02 Å². The van der Waals surface area contributed by atoms with Crippen molar-refractivity contribution >= 4 is 17.5 Å². The number of amides is 1. The van der Waals surface area contributed by atoms with Gasteiger partial charge in [0, 0.05) is 24.2 Å². The Morgan fingerprint density at radius 1 is 1.33 bits per heavy atom. The third-order valence-corrected chi connectivity index (χ3v) is 3.39. The lowest BCUT2D eigenvalue weighted by Gasteiger charge is -2.21. The van der Waals surface area contributed by atoms with Crippen molar-refractivity contribution in [3.8, 4) is 0 Å². The van der Waals surface area contributed by atoms with E-state index in [-0.39, 0.29) is 11.9 Å². The highest BCUT2D eigenvalue weighted by Crippen LogP contribution is 2.21. The van der Waals surface area contributed by atoms with Gasteiger partial charge in [0.05, 0.1) is 6.54 Å². The van der Waals surface area contributed by atoms with Gasteiger partial charge >= 0.3 is 0 Å². The Hall–Kier alpha value is -1.06. The molecule has 0 radical (unpaired) electrons. The van der Waals surface area contributed by atoms with Crippen LogP contribution in [-0.4, -0.2) is 30.4 Å². The first kappa shape index (κ1) is 15.0. The standard InChI is InChI=1S/C14H21ClN2O/c1-4-17(5-2)14(18)10-16-11(3)12-8-6-7-9-13(12)15/h6-9,11,16H,4-5,10H2,1-3H3. The number of nitrogens with zero attached hydrogens (tertiary/aromatic N) is 1. The topological polar surface area (TPSA) is 32.3 Å². The Morgan fingerprint density at radius 2 is 1.94 bits per heavy atom. The minimum absolute atomic E-state index is 0.0678. The molecule has 1 atom stereocenters. The van der Waals surface area contributed by atoms with E-state index in [1.165, 1.54) is 0 Å². The van der Waals surface area contributed by atoms with Crippen LogP contribution in [0, 0.1) is 0 Å². The predicted octanol–water partition coefficient (Wildman–Crippen LogP) is 2.86. The second-order valence-corrected chi connectivity index (χ2v) is 4.60. The van der Waals surface area contributed by atoms with Crippen molar-refractivity contribution in [2.24, 2.45) is 0 Å². The molecular weight excluding hydrogens is 248 g/mol. The Bertz CT molecular complexity index is 391. The van der Waals surface area contributed by atoms with Crippen molar-refractivity contribution in [1.82, 2.24) is 10.2 Å². The molecule has 1 aromatic carbocycles. The van der Waals surface area contributed by atoms with Crippen molar-refractivity contribution in [1.29, 1.82) is 0 Å². The summed E-state index contributed by atoms with van der Waals surface area (Å²) in [6.07, 6.45) is 0. The van der Waals surface area contributed by atoms with Crippen LogP contribution in [0.15, 0.2) is 24.3 Å². The maximum atomic E-state index is 11.9. The lowest BCUT2D eigenvalue weighted by Crippen LogP contribution is -2.38. The molecule has 0 saturated heterocycles. The molecule has 0 aromatic heterocycles. The highest BCUT2D eigenvalue weighted by atomic mass is 35.5. The highest BCUT2D eigenvalue weighted by Gasteiger charge is 2.13. The maximum Gasteiger partial charge on any atom is 0.236 e. The van der Waals surface area contributed by atoms with Crippen LogP contribution in [0.1, 0.15) is 32.4 Å². The van der Waals surface area contributed by atoms with Crippen LogP contribution >= 0.6 is 11.6 Å². The number of rotatable bonds is 6. The molecule has 1 rings (SSSR count). The van der Waals surface area contributed by atoms with Crippen LogP contribution in [-0.2, 0) is 4.79 Å². The third-order valence-electron chi connectivity index (χ3n) is 3.05. The molecule has 0 aliphatic rings. The first-order valence-electron chi connectivity index (χ1n) is 6.35. The average molecular weight is 269 g/mol. The van der Waals surface area contributed by atoms with Gasteiger partial charge in [0.15, 0.2) is 0 Å². The lowest BCUT2D eigenvalue weighted by atomic mass is 10.1. The highest BCUT2D eigenvalue weighted by molar-refractivity contribution is 6.31. The van der Waals surface area contributed by atoms with Crippen molar-refractivity contribution in [3.05, 3.63) is 34.9 Å². The summed E-state index contributed by atoms with van der Waals surface area (Å²) in [4.78, 5) is 13.7. The average Bonchev–Trinajstić information content (AvgIpc) is 2.38. The molecule has 0 heterocycles. The maximum absolute atomic E-state index is 11.9. The Kier molecular flexibility index (Phi) is 6.16. The van der Waals surface area contributed by atoms with E-state index in [0.29, 0.717) is 6.54 Å². The summed E-state index contributed by atoms with van der Waals surface area (Å²) in [5, 5.41) is 3.94. The van der Waals surface area contributed by atoms with E-state index in [9.17, 15) is 4.79 Å². The normalized spacial score (nSPS) is 12.2. The predicted molar refractivity (Wildman–Crippen MR) is 75.8 cm³/mol. The second-order valence-electron chi connectivity index (χ2n) is 4.19. The third kappa shape index (κ3) is 4.00. The number of halogens is 1. The van der Waals surface area contributed by atoms with Gasteiger partial charge < -0.3 is 10.2 Å². The van der Waals surface area contributed by atoms with E-state index in [1.807, 2.05) is 49.9 Å². The number of carbonyl (C=O) groups excluding carboxylic acids is 1. The lowest BCUT2D eigenvalue weighted by molar-refractivity contribution is -0.129. The van der Waals surface area contributed by atoms with Gasteiger partial charge in [-0.3, -0.25) is 4.79 Å². The van der Waals surface area contributed by atoms with E-state index in [4.69, 9.17) is 11.6 Å². The number of benzene rings is 1. The molecule has 0 bridgehead atoms. The molecule has 3 nitrogen and oxygen atoms in total. The fraction of sp³-hybridized carbons (Fsp3) is 0.500. The van der Waals surface area contributed by atoms with Crippen molar-refractivity contribution in [2.75, 3.05) is 19.6 Å². The van der Waals surface area contributed by atoms with E-state index < -0.39 is 0 Å². The Labute approximate surface area is 114 Å². The van der Waals surface area contributed by atoms with Gasteiger partial charge in [0.2, 0.25) is 5.91 Å². The number of hydrogen-bond acceptors (Lipinski definition) is 2. The summed E-state index contributed by atoms with van der Waals surface area (Å²) >= 11 is 6.12. The first-order chi connectivity index (χ1) is 8.60. The van der Waals surface area contributed by atoms with Crippen LogP contribution in [0.25, 0.3) is 0 Å². The van der Waals surface area contributed by atoms with E-state index in [0.717, 1.165) is 23.7 Å². The van der Waals surface area contributed by atoms with Crippen molar-refractivity contribution in [3.63, 3.8) is 0 Å². The molecule has 0 fully saturated rings. The van der Waals surface area contributed by atoms with Gasteiger partial charge in [-0.1, -0.05) is 29.8 Å². The Balaban J connectivity index is 2.54. The summed E-state index contributed by atoms with van der Waals surface area (Å²) in [6.45, 7) is 7.82. The zero-order chi connectivity index (χ0) is 13.5. The zero-order valence-corrected chi connectivity index (χ0v) is 12.0. The molecule has 100 valence electrons. The fourth-order valence-electron chi connectivity index (χ4n) is 1.86. The van der Waals surface area contributed by atoms with Gasteiger partial charge in [-0.25, -0.2) is 0 Å². The van der Waals surface area contributed by atoms with Crippen molar-refractivity contribution in [2.45, 2.75) is 26.8 Å². The summed E-state index contributed by atoms with van der Waals surface area (Å²) < 4.78 is 0. The van der Waals surface area contributed by atoms with E-state index >= 15 is 0 Å². The smallest absolute Gasteiger partial charge is 0.236 e. The molecule has 0 aliphatic heterocycles. The minimum atomic E-state index is 0.0678. The van der Waals surface area contributed by atoms with Gasteiger partial charge in [0.1, 0.15) is 0 Å². The first-order valence-corrected chi connectivity index (χ1v) is 6.73. The summed E-state index contributed by atoms with van der Waals surface area (Å²) in [5.41, 5.74) is 1.02. The van der Waals surface area contributed by atoms with Crippen LogP contribution in [0.5, 0.6) is 0 Å². The molecule has 1 amide bonds. The molecule has 18 heavy (non-hydrogen) atoms. The fourth-order valence-corrected chi connectivity index (χ4v) is 2.16. The molecule has 1 unspecified atom stereocenters. The number of carbonyl (C=O) groups is 1. The number of hydrogen-bond donors (Lipinski definition) is 1. The molecule has 1 aromatic rings. The zero-order valence-electron chi connectivity index (χ0n) is 11.2. The summed E-state index contributed by atoms with van der Waals surface area (Å²) in [6, 6.07) is 7.76. The van der Waals surface area contributed by atoms with Crippen LogP contribution in [0.4, 0.5) is 0 Å². The molecule has 4 heteroatoms. The van der Waals surface area contributed by atoms with Crippen molar-refractivity contribution < 1.29 is 4.79 Å². The molecule has 0 spiro atoms. The van der Waals surface area contributed by atoms with E-state index in [2.05, 4.69) is 5.32 Å². The van der Waals surface area contributed by atoms with Gasteiger partial charge in [-0.15, -0.1) is 0 Å². The van der Waals surface area contributed by atoms with Gasteiger partial charge in [0.25, 0.3) is 0 Å². The second kappa shape index (κ2) is 7.39. The van der Waals surface area contributed by atoms with E-state index in [1.54, 1.807) is 0 Å². The van der Waals surface area contributed by atoms with Gasteiger partial charge in [-0.05, 0) is 32.4 Å². The SMILES string of the molecule is CCN(CC)C(=O)CNC(C)c1ccccc1Cl. The minimum Gasteiger partial charge on any atom is -0.342 e. The molecule has 0 saturated carbocycles. The van der Waals surface area contributed by atoms with Gasteiger partial charge in [-0.2, -0.15) is 0 Å². The van der Waals surface area contributed by atoms with Crippen LogP contribution < -0.4 is 5.32 Å². The van der Waals surface area contributed by atoms with Crippen LogP contribution in [0.3, 0.4) is 0 Å². The summed E-state index contributed by atoms with van der Waals surface area (Å²) in [7, 11) is 0. The number of likely N-dealkylation sites (N-methyl/N-ethyl adjacent to an activating group) is 1. The Morgan fingerprint density at radius 3 is 2.50 bits per heavy atom. The largest absolute Gasteiger partial charge is 0.342 e. The quantitative estimate of drug-likeness (QED) is 0.860. The molecule has 1 N–H and O–H groups in total. The molecule has 0 aliphatic carbocycles. The number of nitrogens with one attached hydrogen (secondary N) is 1.